The van der Waals surface area contributed by atoms with Gasteiger partial charge >= 0.3 is 7.37 Å². The Morgan fingerprint density at radius 3 is 2.39 bits per heavy atom. The summed E-state index contributed by atoms with van der Waals surface area (Å²) in [6, 6.07) is 15.3. The van der Waals surface area contributed by atoms with Crippen molar-refractivity contribution in [1.82, 2.24) is 0 Å². The Morgan fingerprint density at radius 2 is 1.61 bits per heavy atom. The summed E-state index contributed by atoms with van der Waals surface area (Å²) in [6.07, 6.45) is 5.25. The van der Waals surface area contributed by atoms with E-state index in [0.29, 0.717) is 11.1 Å². The summed E-state index contributed by atoms with van der Waals surface area (Å²) in [5.41, 5.74) is 1.87. The Morgan fingerprint density at radius 1 is 0.957 bits per heavy atom. The van der Waals surface area contributed by atoms with Crippen LogP contribution in [0.1, 0.15) is 32.1 Å². The van der Waals surface area contributed by atoms with Crippen molar-refractivity contribution in [2.24, 2.45) is 5.92 Å². The van der Waals surface area contributed by atoms with Crippen molar-refractivity contribution in [1.29, 1.82) is 0 Å². The van der Waals surface area contributed by atoms with Gasteiger partial charge in [0, 0.05) is 5.56 Å². The molecular weight excluding hydrogens is 307 g/mol. The number of aliphatic hydroxyl groups is 1. The first kappa shape index (κ1) is 15.0. The van der Waals surface area contributed by atoms with E-state index in [-0.39, 0.29) is 5.92 Å². The van der Waals surface area contributed by atoms with E-state index in [1.54, 1.807) is 0 Å². The molecule has 120 valence electrons. The van der Waals surface area contributed by atoms with Gasteiger partial charge in [0.1, 0.15) is 11.6 Å². The largest absolute Gasteiger partial charge is 0.438 e. The first-order chi connectivity index (χ1) is 11.2. The van der Waals surface area contributed by atoms with Crippen LogP contribution < -0.4 is 9.83 Å². The van der Waals surface area contributed by atoms with Crippen LogP contribution in [0, 0.1) is 5.92 Å². The van der Waals surface area contributed by atoms with Crippen LogP contribution in [-0.2, 0) is 4.57 Å². The van der Waals surface area contributed by atoms with E-state index in [1.165, 1.54) is 6.42 Å². The number of aliphatic hydroxyl groups excluding tert-OH is 1. The van der Waals surface area contributed by atoms with Crippen LogP contribution in [-0.4, -0.2) is 11.0 Å². The highest BCUT2D eigenvalue weighted by Gasteiger charge is 2.45. The molecule has 3 nitrogen and oxygen atoms in total. The minimum atomic E-state index is -3.34. The number of hydrogen-bond acceptors (Lipinski definition) is 3. The molecule has 0 aromatic heterocycles. The second-order valence-electron chi connectivity index (χ2n) is 6.51. The Labute approximate surface area is 136 Å². The standard InChI is InChI=1S/C19H21O3P/c20-19(14-8-2-1-3-9-14)23(21)18-13-7-5-11-16(18)15-10-4-6-12-17(15)22-23/h4-7,10-14,19-20H,1-3,8-9H2. The van der Waals surface area contributed by atoms with Gasteiger partial charge in [0.15, 0.2) is 0 Å². The molecule has 1 aliphatic carbocycles. The molecule has 0 amide bonds. The molecule has 23 heavy (non-hydrogen) atoms. The molecule has 1 fully saturated rings. The van der Waals surface area contributed by atoms with Crippen molar-refractivity contribution < 1.29 is 14.2 Å². The first-order valence-corrected chi connectivity index (χ1v) is 10.1. The average Bonchev–Trinajstić information content (AvgIpc) is 2.62. The van der Waals surface area contributed by atoms with Crippen LogP contribution in [0.5, 0.6) is 5.75 Å². The fraction of sp³-hybridized carbons (Fsp3) is 0.368. The molecule has 1 saturated carbocycles. The third kappa shape index (κ3) is 2.43. The predicted octanol–water partition coefficient (Wildman–Crippen LogP) is 4.55. The lowest BCUT2D eigenvalue weighted by atomic mass is 9.90. The third-order valence-electron chi connectivity index (χ3n) is 5.07. The molecule has 2 aromatic carbocycles. The van der Waals surface area contributed by atoms with Crippen molar-refractivity contribution in [2.45, 2.75) is 37.9 Å². The summed E-state index contributed by atoms with van der Waals surface area (Å²) in [6.45, 7) is 0. The topological polar surface area (TPSA) is 46.5 Å². The van der Waals surface area contributed by atoms with Gasteiger partial charge in [-0.3, -0.25) is 4.57 Å². The Kier molecular flexibility index (Phi) is 3.79. The van der Waals surface area contributed by atoms with Gasteiger partial charge in [0.05, 0.1) is 5.30 Å². The Bertz CT molecular complexity index is 765. The van der Waals surface area contributed by atoms with Gasteiger partial charge in [-0.1, -0.05) is 55.7 Å². The van der Waals surface area contributed by atoms with E-state index >= 15 is 0 Å². The maximum absolute atomic E-state index is 13.7. The van der Waals surface area contributed by atoms with Gasteiger partial charge in [0.2, 0.25) is 0 Å². The lowest BCUT2D eigenvalue weighted by molar-refractivity contribution is 0.140. The summed E-state index contributed by atoms with van der Waals surface area (Å²) >= 11 is 0. The van der Waals surface area contributed by atoms with Crippen LogP contribution in [0.15, 0.2) is 48.5 Å². The molecule has 1 N–H and O–H groups in total. The maximum atomic E-state index is 13.7. The molecule has 2 aromatic rings. The molecule has 0 radical (unpaired) electrons. The average molecular weight is 328 g/mol. The molecule has 0 bridgehead atoms. The minimum Gasteiger partial charge on any atom is -0.438 e. The zero-order valence-electron chi connectivity index (χ0n) is 13.0. The summed E-state index contributed by atoms with van der Waals surface area (Å²) in [4.78, 5) is 0. The number of hydrogen-bond donors (Lipinski definition) is 1. The molecule has 4 heteroatoms. The maximum Gasteiger partial charge on any atom is 0.305 e. The SMILES string of the molecule is O=P1(C(O)C2CCCCC2)Oc2ccccc2-c2ccccc21. The minimum absolute atomic E-state index is 0.0629. The molecule has 0 spiro atoms. The summed E-state index contributed by atoms with van der Waals surface area (Å²) in [5, 5.41) is 11.6. The van der Waals surface area contributed by atoms with Crippen molar-refractivity contribution in [3.05, 3.63) is 48.5 Å². The molecule has 0 saturated heterocycles. The van der Waals surface area contributed by atoms with E-state index < -0.39 is 13.2 Å². The Hall–Kier alpha value is -1.57. The number of para-hydroxylation sites is 1. The highest BCUT2D eigenvalue weighted by molar-refractivity contribution is 7.68. The van der Waals surface area contributed by atoms with Crippen molar-refractivity contribution in [2.75, 3.05) is 0 Å². The fourth-order valence-corrected chi connectivity index (χ4v) is 6.46. The van der Waals surface area contributed by atoms with Gasteiger partial charge < -0.3 is 9.63 Å². The zero-order valence-corrected chi connectivity index (χ0v) is 13.9. The number of benzene rings is 2. The highest BCUT2D eigenvalue weighted by atomic mass is 31.2. The predicted molar refractivity (Wildman–Crippen MR) is 92.3 cm³/mol. The smallest absolute Gasteiger partial charge is 0.305 e. The van der Waals surface area contributed by atoms with Crippen LogP contribution in [0.2, 0.25) is 0 Å². The van der Waals surface area contributed by atoms with Crippen molar-refractivity contribution in [3.63, 3.8) is 0 Å². The molecule has 4 rings (SSSR count). The molecule has 2 unspecified atom stereocenters. The zero-order chi connectivity index (χ0) is 15.9. The van der Waals surface area contributed by atoms with E-state index in [4.69, 9.17) is 4.52 Å². The molecular formula is C19H21O3P. The fourth-order valence-electron chi connectivity index (χ4n) is 3.84. The first-order valence-electron chi connectivity index (χ1n) is 8.36. The van der Waals surface area contributed by atoms with Gasteiger partial charge in [0.25, 0.3) is 0 Å². The van der Waals surface area contributed by atoms with Crippen molar-refractivity contribution >= 4 is 12.7 Å². The number of fused-ring (bicyclic) bond motifs is 3. The second-order valence-corrected chi connectivity index (χ2v) is 8.90. The lowest BCUT2D eigenvalue weighted by Crippen LogP contribution is -2.32. The highest BCUT2D eigenvalue weighted by Crippen LogP contribution is 2.59. The molecule has 1 aliphatic heterocycles. The van der Waals surface area contributed by atoms with E-state index in [9.17, 15) is 9.67 Å². The summed E-state index contributed by atoms with van der Waals surface area (Å²) < 4.78 is 19.7. The third-order valence-corrected chi connectivity index (χ3v) is 7.72. The number of rotatable bonds is 2. The lowest BCUT2D eigenvalue weighted by Gasteiger charge is -2.36. The van der Waals surface area contributed by atoms with Gasteiger partial charge in [-0.05, 0) is 36.5 Å². The van der Waals surface area contributed by atoms with Crippen LogP contribution in [0.3, 0.4) is 0 Å². The molecule has 1 heterocycles. The quantitative estimate of drug-likeness (QED) is 0.823. The summed E-state index contributed by atoms with van der Waals surface area (Å²) in [7, 11) is -3.34. The van der Waals surface area contributed by atoms with E-state index in [1.807, 2.05) is 48.5 Å². The van der Waals surface area contributed by atoms with Gasteiger partial charge in [-0.25, -0.2) is 0 Å². The van der Waals surface area contributed by atoms with E-state index in [2.05, 4.69) is 0 Å². The Balaban J connectivity index is 1.82. The summed E-state index contributed by atoms with van der Waals surface area (Å²) in [5.74, 6) is -0.241. The van der Waals surface area contributed by atoms with E-state index in [0.717, 1.165) is 36.8 Å². The second kappa shape index (κ2) is 5.81. The monoisotopic (exact) mass is 328 g/mol. The molecule has 2 atom stereocenters. The normalized spacial score (nSPS) is 25.1. The molecule has 2 aliphatic rings. The van der Waals surface area contributed by atoms with Gasteiger partial charge in [-0.15, -0.1) is 0 Å². The van der Waals surface area contributed by atoms with Crippen molar-refractivity contribution in [3.8, 4) is 16.9 Å². The van der Waals surface area contributed by atoms with Crippen LogP contribution >= 0.6 is 7.37 Å². The van der Waals surface area contributed by atoms with Gasteiger partial charge in [-0.2, -0.15) is 0 Å². The van der Waals surface area contributed by atoms with Crippen LogP contribution in [0.25, 0.3) is 11.1 Å². The van der Waals surface area contributed by atoms with Crippen LogP contribution in [0.4, 0.5) is 0 Å².